The second kappa shape index (κ2) is 6.04. The van der Waals surface area contributed by atoms with Gasteiger partial charge >= 0.3 is 0 Å². The number of pyridine rings is 1. The predicted octanol–water partition coefficient (Wildman–Crippen LogP) is 3.37. The summed E-state index contributed by atoms with van der Waals surface area (Å²) in [4.78, 5) is 4.50. The Labute approximate surface area is 133 Å². The molecule has 0 aliphatic rings. The smallest absolute Gasteiger partial charge is 0.240 e. The number of nitrogens with one attached hydrogen (secondary N) is 1. The summed E-state index contributed by atoms with van der Waals surface area (Å²) in [5.74, 6) is 0. The minimum atomic E-state index is -3.56. The van der Waals surface area contributed by atoms with Gasteiger partial charge in [-0.25, -0.2) is 13.1 Å². The molecule has 22 heavy (non-hydrogen) atoms. The predicted molar refractivity (Wildman–Crippen MR) is 87.2 cm³/mol. The van der Waals surface area contributed by atoms with Crippen molar-refractivity contribution in [2.75, 3.05) is 0 Å². The summed E-state index contributed by atoms with van der Waals surface area (Å²) < 4.78 is 27.0. The van der Waals surface area contributed by atoms with Gasteiger partial charge in [0, 0.05) is 23.2 Å². The molecule has 0 atom stereocenters. The number of benzene rings is 2. The molecular weight excluding hydrogens is 320 g/mol. The fraction of sp³-hybridized carbons (Fsp3) is 0.0625. The SMILES string of the molecule is O=S(=O)(NCc1cnc2ccccc2c1)c1ccc(Cl)cc1. The number of para-hydroxylation sites is 1. The maximum absolute atomic E-state index is 12.2. The molecule has 0 fully saturated rings. The van der Waals surface area contributed by atoms with E-state index >= 15 is 0 Å². The van der Waals surface area contributed by atoms with Crippen molar-refractivity contribution < 1.29 is 8.42 Å². The van der Waals surface area contributed by atoms with Gasteiger partial charge in [-0.1, -0.05) is 29.8 Å². The van der Waals surface area contributed by atoms with Crippen LogP contribution in [0.25, 0.3) is 10.9 Å². The van der Waals surface area contributed by atoms with Gasteiger partial charge in [-0.2, -0.15) is 0 Å². The highest BCUT2D eigenvalue weighted by atomic mass is 35.5. The number of aromatic nitrogens is 1. The molecule has 3 rings (SSSR count). The van der Waals surface area contributed by atoms with Crippen molar-refractivity contribution in [3.63, 3.8) is 0 Å². The Morgan fingerprint density at radius 2 is 1.77 bits per heavy atom. The van der Waals surface area contributed by atoms with Crippen LogP contribution in [-0.2, 0) is 16.6 Å². The first kappa shape index (κ1) is 15.0. The molecule has 0 bridgehead atoms. The Morgan fingerprint density at radius 3 is 2.55 bits per heavy atom. The van der Waals surface area contributed by atoms with Crippen LogP contribution < -0.4 is 4.72 Å². The number of hydrogen-bond donors (Lipinski definition) is 1. The maximum Gasteiger partial charge on any atom is 0.240 e. The van der Waals surface area contributed by atoms with Crippen molar-refractivity contribution in [1.82, 2.24) is 9.71 Å². The van der Waals surface area contributed by atoms with Crippen LogP contribution in [0.15, 0.2) is 65.7 Å². The lowest BCUT2D eigenvalue weighted by Gasteiger charge is -2.07. The number of sulfonamides is 1. The third-order valence-corrected chi connectivity index (χ3v) is 4.91. The molecule has 6 heteroatoms. The molecule has 0 saturated carbocycles. The largest absolute Gasteiger partial charge is 0.256 e. The molecule has 0 saturated heterocycles. The fourth-order valence-corrected chi connectivity index (χ4v) is 3.23. The van der Waals surface area contributed by atoms with Crippen LogP contribution in [0.4, 0.5) is 0 Å². The number of hydrogen-bond acceptors (Lipinski definition) is 3. The third kappa shape index (κ3) is 3.27. The normalized spacial score (nSPS) is 11.7. The molecule has 0 unspecified atom stereocenters. The van der Waals surface area contributed by atoms with Gasteiger partial charge in [-0.3, -0.25) is 4.98 Å². The molecule has 3 aromatic rings. The van der Waals surface area contributed by atoms with E-state index in [4.69, 9.17) is 11.6 Å². The minimum Gasteiger partial charge on any atom is -0.256 e. The van der Waals surface area contributed by atoms with Gasteiger partial charge in [0.2, 0.25) is 10.0 Å². The van der Waals surface area contributed by atoms with Crippen molar-refractivity contribution in [2.45, 2.75) is 11.4 Å². The second-order valence-corrected chi connectivity index (χ2v) is 7.02. The molecule has 0 aliphatic heterocycles. The molecule has 1 N–H and O–H groups in total. The molecule has 0 radical (unpaired) electrons. The minimum absolute atomic E-state index is 0.183. The summed E-state index contributed by atoms with van der Waals surface area (Å²) >= 11 is 5.77. The average molecular weight is 333 g/mol. The van der Waals surface area contributed by atoms with Gasteiger partial charge < -0.3 is 0 Å². The highest BCUT2D eigenvalue weighted by Gasteiger charge is 2.13. The monoisotopic (exact) mass is 332 g/mol. The van der Waals surface area contributed by atoms with Crippen LogP contribution in [0, 0.1) is 0 Å². The molecule has 0 spiro atoms. The third-order valence-electron chi connectivity index (χ3n) is 3.24. The van der Waals surface area contributed by atoms with Gasteiger partial charge in [0.1, 0.15) is 0 Å². The summed E-state index contributed by atoms with van der Waals surface area (Å²) in [6.07, 6.45) is 1.67. The summed E-state index contributed by atoms with van der Waals surface area (Å²) in [7, 11) is -3.56. The van der Waals surface area contributed by atoms with Crippen molar-refractivity contribution in [1.29, 1.82) is 0 Å². The van der Waals surface area contributed by atoms with Crippen molar-refractivity contribution in [3.05, 3.63) is 71.4 Å². The molecule has 2 aromatic carbocycles. The van der Waals surface area contributed by atoms with Gasteiger partial charge in [-0.15, -0.1) is 0 Å². The topological polar surface area (TPSA) is 59.1 Å². The zero-order valence-electron chi connectivity index (χ0n) is 11.5. The summed E-state index contributed by atoms with van der Waals surface area (Å²) in [6, 6.07) is 15.7. The maximum atomic E-state index is 12.2. The molecule has 4 nitrogen and oxygen atoms in total. The van der Waals surface area contributed by atoms with Gasteiger partial charge in [0.25, 0.3) is 0 Å². The Kier molecular flexibility index (Phi) is 4.11. The average Bonchev–Trinajstić information content (AvgIpc) is 2.53. The quantitative estimate of drug-likeness (QED) is 0.797. The first-order chi connectivity index (χ1) is 10.5. The second-order valence-electron chi connectivity index (χ2n) is 4.81. The first-order valence-corrected chi connectivity index (χ1v) is 8.50. The van der Waals surface area contributed by atoms with Crippen LogP contribution >= 0.6 is 11.6 Å². The van der Waals surface area contributed by atoms with E-state index in [1.165, 1.54) is 12.1 Å². The summed E-state index contributed by atoms with van der Waals surface area (Å²) in [5.41, 5.74) is 1.68. The number of rotatable bonds is 4. The first-order valence-electron chi connectivity index (χ1n) is 6.63. The Morgan fingerprint density at radius 1 is 1.05 bits per heavy atom. The van der Waals surface area contributed by atoms with E-state index in [1.807, 2.05) is 30.3 Å². The lowest BCUT2D eigenvalue weighted by atomic mass is 10.2. The molecule has 0 aliphatic carbocycles. The lowest BCUT2D eigenvalue weighted by Crippen LogP contribution is -2.23. The Balaban J connectivity index is 1.79. The standard InChI is InChI=1S/C16H13ClN2O2S/c17-14-5-7-15(8-6-14)22(20,21)19-11-12-9-13-3-1-2-4-16(13)18-10-12/h1-10,19H,11H2. The molecule has 112 valence electrons. The van der Waals surface area contributed by atoms with Gasteiger partial charge in [-0.05, 0) is 42.0 Å². The molecule has 1 aromatic heterocycles. The highest BCUT2D eigenvalue weighted by molar-refractivity contribution is 7.89. The lowest BCUT2D eigenvalue weighted by molar-refractivity contribution is 0.581. The van der Waals surface area contributed by atoms with E-state index in [2.05, 4.69) is 9.71 Å². The van der Waals surface area contributed by atoms with Crippen molar-refractivity contribution >= 4 is 32.5 Å². The Hall–Kier alpha value is -1.95. The van der Waals surface area contributed by atoms with Gasteiger partial charge in [0.05, 0.1) is 10.4 Å². The number of halogens is 1. The van der Waals surface area contributed by atoms with Crippen LogP contribution in [0.3, 0.4) is 0 Å². The van der Waals surface area contributed by atoms with E-state index < -0.39 is 10.0 Å². The van der Waals surface area contributed by atoms with E-state index in [9.17, 15) is 8.42 Å². The van der Waals surface area contributed by atoms with Crippen LogP contribution in [-0.4, -0.2) is 13.4 Å². The number of fused-ring (bicyclic) bond motifs is 1. The summed E-state index contributed by atoms with van der Waals surface area (Å²) in [6.45, 7) is 0.183. The molecular formula is C16H13ClN2O2S. The van der Waals surface area contributed by atoms with E-state index in [-0.39, 0.29) is 11.4 Å². The van der Waals surface area contributed by atoms with Crippen molar-refractivity contribution in [3.8, 4) is 0 Å². The zero-order chi connectivity index (χ0) is 15.6. The van der Waals surface area contributed by atoms with E-state index in [0.29, 0.717) is 5.02 Å². The highest BCUT2D eigenvalue weighted by Crippen LogP contribution is 2.16. The fourth-order valence-electron chi connectivity index (χ4n) is 2.09. The number of nitrogens with zero attached hydrogens (tertiary/aromatic N) is 1. The van der Waals surface area contributed by atoms with Crippen LogP contribution in [0.2, 0.25) is 5.02 Å². The van der Waals surface area contributed by atoms with E-state index in [0.717, 1.165) is 16.5 Å². The van der Waals surface area contributed by atoms with Gasteiger partial charge in [0.15, 0.2) is 0 Å². The van der Waals surface area contributed by atoms with Crippen molar-refractivity contribution in [2.24, 2.45) is 0 Å². The Bertz CT molecular complexity index is 909. The van der Waals surface area contributed by atoms with Crippen LogP contribution in [0.5, 0.6) is 0 Å². The molecule has 1 heterocycles. The summed E-state index contributed by atoms with van der Waals surface area (Å²) in [5, 5.41) is 1.48. The van der Waals surface area contributed by atoms with Crippen LogP contribution in [0.1, 0.15) is 5.56 Å². The van der Waals surface area contributed by atoms with E-state index in [1.54, 1.807) is 18.3 Å². The zero-order valence-corrected chi connectivity index (χ0v) is 13.1. The molecule has 0 amide bonds.